The highest BCUT2D eigenvalue weighted by Gasteiger charge is 2.12. The zero-order valence-electron chi connectivity index (χ0n) is 13.6. The zero-order valence-corrected chi connectivity index (χ0v) is 13.6. The van der Waals surface area contributed by atoms with Gasteiger partial charge in [0.1, 0.15) is 5.75 Å². The van der Waals surface area contributed by atoms with Gasteiger partial charge < -0.3 is 9.47 Å². The second-order valence-electron chi connectivity index (χ2n) is 5.18. The Kier molecular flexibility index (Phi) is 6.96. The quantitative estimate of drug-likeness (QED) is 0.572. The lowest BCUT2D eigenvalue weighted by molar-refractivity contribution is -0.136. The molecular formula is C17H25NO3. The van der Waals surface area contributed by atoms with E-state index in [-0.39, 0.29) is 5.97 Å². The number of para-hydroxylation sites is 1. The first-order chi connectivity index (χ1) is 9.99. The molecule has 0 amide bonds. The number of nitrogens with zero attached hydrogens (tertiary/aromatic N) is 1. The van der Waals surface area contributed by atoms with Crippen LogP contribution in [0.2, 0.25) is 0 Å². The summed E-state index contributed by atoms with van der Waals surface area (Å²) >= 11 is 0. The van der Waals surface area contributed by atoms with Gasteiger partial charge in [-0.3, -0.25) is 4.90 Å². The van der Waals surface area contributed by atoms with Crippen LogP contribution in [-0.2, 0) is 16.0 Å². The van der Waals surface area contributed by atoms with E-state index in [1.807, 2.05) is 31.3 Å². The number of hydrogen-bond acceptors (Lipinski definition) is 4. The van der Waals surface area contributed by atoms with Gasteiger partial charge in [0.15, 0.2) is 0 Å². The molecule has 0 fully saturated rings. The molecule has 0 aliphatic heterocycles. The van der Waals surface area contributed by atoms with E-state index in [4.69, 9.17) is 4.74 Å². The summed E-state index contributed by atoms with van der Waals surface area (Å²) in [6, 6.07) is 8.38. The molecule has 0 radical (unpaired) electrons. The topological polar surface area (TPSA) is 38.8 Å². The monoisotopic (exact) mass is 291 g/mol. The van der Waals surface area contributed by atoms with Crippen molar-refractivity contribution in [3.63, 3.8) is 0 Å². The Morgan fingerprint density at radius 2 is 2.00 bits per heavy atom. The van der Waals surface area contributed by atoms with Gasteiger partial charge in [0.05, 0.1) is 14.2 Å². The van der Waals surface area contributed by atoms with Gasteiger partial charge >= 0.3 is 5.97 Å². The standard InChI is InChI=1S/C17H25NO3/c1-13(17(19)21-5)10-11-18(3)14(2)12-15-8-6-7-9-16(15)20-4/h6-10,14H,11-12H2,1-5H3. The lowest BCUT2D eigenvalue weighted by atomic mass is 10.1. The molecule has 0 bridgehead atoms. The Hall–Kier alpha value is -1.81. The summed E-state index contributed by atoms with van der Waals surface area (Å²) in [5.41, 5.74) is 1.82. The lowest BCUT2D eigenvalue weighted by Gasteiger charge is -2.24. The predicted molar refractivity (Wildman–Crippen MR) is 84.6 cm³/mol. The third-order valence-electron chi connectivity index (χ3n) is 3.65. The Bertz CT molecular complexity index is 497. The van der Waals surface area contributed by atoms with Crippen LogP contribution in [-0.4, -0.2) is 44.7 Å². The van der Waals surface area contributed by atoms with Crippen LogP contribution in [0.3, 0.4) is 0 Å². The van der Waals surface area contributed by atoms with Gasteiger partial charge in [0.2, 0.25) is 0 Å². The number of hydrogen-bond donors (Lipinski definition) is 0. The maximum atomic E-state index is 11.3. The van der Waals surface area contributed by atoms with Gasteiger partial charge in [-0.2, -0.15) is 0 Å². The molecule has 1 aromatic carbocycles. The molecule has 1 unspecified atom stereocenters. The molecule has 0 spiro atoms. The Morgan fingerprint density at radius 1 is 1.33 bits per heavy atom. The summed E-state index contributed by atoms with van der Waals surface area (Å²) < 4.78 is 10.1. The minimum absolute atomic E-state index is 0.277. The number of likely N-dealkylation sites (N-methyl/N-ethyl adjacent to an activating group) is 1. The number of benzene rings is 1. The normalized spacial score (nSPS) is 13.1. The van der Waals surface area contributed by atoms with Gasteiger partial charge in [-0.25, -0.2) is 4.79 Å². The smallest absolute Gasteiger partial charge is 0.333 e. The molecular weight excluding hydrogens is 266 g/mol. The number of esters is 1. The molecule has 0 aliphatic rings. The number of rotatable bonds is 7. The van der Waals surface area contributed by atoms with E-state index >= 15 is 0 Å². The first-order valence-corrected chi connectivity index (χ1v) is 7.06. The fraction of sp³-hybridized carbons (Fsp3) is 0.471. The molecule has 0 heterocycles. The average Bonchev–Trinajstić information content (AvgIpc) is 2.51. The first kappa shape index (κ1) is 17.2. The van der Waals surface area contributed by atoms with Crippen molar-refractivity contribution in [2.24, 2.45) is 0 Å². The number of carbonyl (C=O) groups is 1. The molecule has 1 rings (SSSR count). The van der Waals surface area contributed by atoms with Crippen molar-refractivity contribution < 1.29 is 14.3 Å². The van der Waals surface area contributed by atoms with Crippen LogP contribution in [0, 0.1) is 0 Å². The van der Waals surface area contributed by atoms with Crippen molar-refractivity contribution in [3.8, 4) is 5.75 Å². The molecule has 21 heavy (non-hydrogen) atoms. The maximum Gasteiger partial charge on any atom is 0.333 e. The Labute approximate surface area is 127 Å². The largest absolute Gasteiger partial charge is 0.496 e. The van der Waals surface area contributed by atoms with Gasteiger partial charge in [0.25, 0.3) is 0 Å². The van der Waals surface area contributed by atoms with E-state index in [2.05, 4.69) is 22.6 Å². The molecule has 0 N–H and O–H groups in total. The Morgan fingerprint density at radius 3 is 2.62 bits per heavy atom. The Balaban J connectivity index is 2.62. The summed E-state index contributed by atoms with van der Waals surface area (Å²) in [5, 5.41) is 0. The molecule has 116 valence electrons. The third kappa shape index (κ3) is 5.23. The summed E-state index contributed by atoms with van der Waals surface area (Å²) in [6.45, 7) is 4.63. The van der Waals surface area contributed by atoms with E-state index in [9.17, 15) is 4.79 Å². The van der Waals surface area contributed by atoms with Crippen molar-refractivity contribution in [3.05, 3.63) is 41.5 Å². The SMILES string of the molecule is COC(=O)C(C)=CCN(C)C(C)Cc1ccccc1OC. The number of methoxy groups -OCH3 is 2. The molecule has 0 saturated heterocycles. The second kappa shape index (κ2) is 8.47. The van der Waals surface area contributed by atoms with Gasteiger partial charge in [0, 0.05) is 18.2 Å². The van der Waals surface area contributed by atoms with Crippen LogP contribution in [0.4, 0.5) is 0 Å². The van der Waals surface area contributed by atoms with Crippen molar-refractivity contribution >= 4 is 5.97 Å². The van der Waals surface area contributed by atoms with Crippen molar-refractivity contribution in [2.75, 3.05) is 27.8 Å². The van der Waals surface area contributed by atoms with Gasteiger partial charge in [-0.05, 0) is 38.9 Å². The fourth-order valence-electron chi connectivity index (χ4n) is 2.05. The molecule has 0 aromatic heterocycles. The molecule has 1 aromatic rings. The van der Waals surface area contributed by atoms with E-state index in [0.29, 0.717) is 18.2 Å². The number of carbonyl (C=O) groups excluding carboxylic acids is 1. The van der Waals surface area contributed by atoms with E-state index in [1.165, 1.54) is 12.7 Å². The van der Waals surface area contributed by atoms with Gasteiger partial charge in [-0.15, -0.1) is 0 Å². The summed E-state index contributed by atoms with van der Waals surface area (Å²) in [5.74, 6) is 0.639. The first-order valence-electron chi connectivity index (χ1n) is 7.06. The zero-order chi connectivity index (χ0) is 15.8. The number of ether oxygens (including phenoxy) is 2. The fourth-order valence-corrected chi connectivity index (χ4v) is 2.05. The molecule has 0 saturated carbocycles. The van der Waals surface area contributed by atoms with E-state index in [0.717, 1.165) is 12.2 Å². The molecule has 4 heteroatoms. The van der Waals surface area contributed by atoms with E-state index in [1.54, 1.807) is 14.0 Å². The van der Waals surface area contributed by atoms with Gasteiger partial charge in [-0.1, -0.05) is 24.3 Å². The highest BCUT2D eigenvalue weighted by atomic mass is 16.5. The van der Waals surface area contributed by atoms with Crippen LogP contribution < -0.4 is 4.74 Å². The van der Waals surface area contributed by atoms with Crippen LogP contribution in [0.25, 0.3) is 0 Å². The van der Waals surface area contributed by atoms with Crippen LogP contribution in [0.1, 0.15) is 19.4 Å². The van der Waals surface area contributed by atoms with Crippen LogP contribution >= 0.6 is 0 Å². The average molecular weight is 291 g/mol. The maximum absolute atomic E-state index is 11.3. The summed E-state index contributed by atoms with van der Waals surface area (Å²) in [4.78, 5) is 13.5. The minimum atomic E-state index is -0.277. The van der Waals surface area contributed by atoms with Crippen molar-refractivity contribution in [2.45, 2.75) is 26.3 Å². The minimum Gasteiger partial charge on any atom is -0.496 e. The van der Waals surface area contributed by atoms with E-state index < -0.39 is 0 Å². The van der Waals surface area contributed by atoms with Crippen LogP contribution in [0.15, 0.2) is 35.9 Å². The second-order valence-corrected chi connectivity index (χ2v) is 5.18. The predicted octanol–water partition coefficient (Wildman–Crippen LogP) is 2.68. The molecule has 0 aliphatic carbocycles. The van der Waals surface area contributed by atoms with Crippen molar-refractivity contribution in [1.29, 1.82) is 0 Å². The highest BCUT2D eigenvalue weighted by molar-refractivity contribution is 5.87. The molecule has 4 nitrogen and oxygen atoms in total. The van der Waals surface area contributed by atoms with Crippen molar-refractivity contribution in [1.82, 2.24) is 4.90 Å². The summed E-state index contributed by atoms with van der Waals surface area (Å²) in [6.07, 6.45) is 2.79. The third-order valence-corrected chi connectivity index (χ3v) is 3.65. The lowest BCUT2D eigenvalue weighted by Crippen LogP contribution is -2.31. The molecule has 1 atom stereocenters. The summed E-state index contributed by atoms with van der Waals surface area (Å²) in [7, 11) is 5.13. The van der Waals surface area contributed by atoms with Crippen LogP contribution in [0.5, 0.6) is 5.75 Å². The highest BCUT2D eigenvalue weighted by Crippen LogP contribution is 2.20.